The lowest BCUT2D eigenvalue weighted by atomic mass is 10.2. The second kappa shape index (κ2) is 6.77. The molecule has 1 N–H and O–H groups in total. The second-order valence-corrected chi connectivity index (χ2v) is 7.12. The minimum Gasteiger partial charge on any atom is -0.280 e. The maximum atomic E-state index is 12.6. The van der Waals surface area contributed by atoms with Gasteiger partial charge >= 0.3 is 6.18 Å². The number of benzene rings is 2. The average Bonchev–Trinajstić information content (AvgIpc) is 3.13. The number of anilines is 1. The summed E-state index contributed by atoms with van der Waals surface area (Å²) in [5.41, 5.74) is -0.277. The lowest BCUT2D eigenvalue weighted by Gasteiger charge is -2.09. The number of nitriles is 1. The second-order valence-electron chi connectivity index (χ2n) is 5.44. The number of aromatic nitrogens is 2. The number of sulfonamides is 1. The zero-order chi connectivity index (χ0) is 19.7. The van der Waals surface area contributed by atoms with E-state index in [1.807, 2.05) is 6.07 Å². The normalized spacial score (nSPS) is 11.8. The molecule has 0 radical (unpaired) electrons. The van der Waals surface area contributed by atoms with Crippen LogP contribution in [-0.4, -0.2) is 18.2 Å². The van der Waals surface area contributed by atoms with Crippen LogP contribution in [0.1, 0.15) is 11.3 Å². The maximum Gasteiger partial charge on any atom is 0.435 e. The Labute approximate surface area is 152 Å². The van der Waals surface area contributed by atoms with E-state index in [1.165, 1.54) is 48.5 Å². The molecule has 3 aromatic rings. The van der Waals surface area contributed by atoms with Crippen molar-refractivity contribution in [3.63, 3.8) is 0 Å². The number of rotatable bonds is 4. The number of alkyl halides is 3. The Kier molecular flexibility index (Phi) is 4.63. The van der Waals surface area contributed by atoms with E-state index in [9.17, 15) is 21.6 Å². The number of halogens is 3. The van der Waals surface area contributed by atoms with Crippen molar-refractivity contribution in [3.8, 4) is 11.8 Å². The largest absolute Gasteiger partial charge is 0.435 e. The van der Waals surface area contributed by atoms with Crippen LogP contribution in [0.2, 0.25) is 0 Å². The molecule has 0 amide bonds. The van der Waals surface area contributed by atoms with Crippen LogP contribution in [0.15, 0.2) is 65.7 Å². The van der Waals surface area contributed by atoms with E-state index in [1.54, 1.807) is 0 Å². The highest BCUT2D eigenvalue weighted by atomic mass is 32.2. The van der Waals surface area contributed by atoms with Crippen molar-refractivity contribution in [1.29, 1.82) is 5.26 Å². The lowest BCUT2D eigenvalue weighted by molar-refractivity contribution is -0.141. The highest BCUT2D eigenvalue weighted by Crippen LogP contribution is 2.28. The van der Waals surface area contributed by atoms with E-state index < -0.39 is 21.9 Å². The van der Waals surface area contributed by atoms with Crippen LogP contribution in [0.5, 0.6) is 0 Å². The summed E-state index contributed by atoms with van der Waals surface area (Å²) in [5.74, 6) is 0. The molecule has 3 rings (SSSR count). The quantitative estimate of drug-likeness (QED) is 0.735. The third-order valence-electron chi connectivity index (χ3n) is 3.54. The molecule has 1 heterocycles. The van der Waals surface area contributed by atoms with Gasteiger partial charge in [0.2, 0.25) is 0 Å². The first-order chi connectivity index (χ1) is 12.7. The van der Waals surface area contributed by atoms with Crippen LogP contribution in [0.4, 0.5) is 18.9 Å². The summed E-state index contributed by atoms with van der Waals surface area (Å²) in [6.07, 6.45) is -3.38. The molecule has 0 unspecified atom stereocenters. The summed E-state index contributed by atoms with van der Waals surface area (Å²) >= 11 is 0. The minimum absolute atomic E-state index is 0.0764. The van der Waals surface area contributed by atoms with Crippen LogP contribution < -0.4 is 4.72 Å². The van der Waals surface area contributed by atoms with Crippen molar-refractivity contribution in [2.75, 3.05) is 4.72 Å². The van der Waals surface area contributed by atoms with Crippen molar-refractivity contribution in [2.45, 2.75) is 11.1 Å². The van der Waals surface area contributed by atoms with E-state index in [0.717, 1.165) is 16.9 Å². The predicted molar refractivity (Wildman–Crippen MR) is 90.5 cm³/mol. The summed E-state index contributed by atoms with van der Waals surface area (Å²) in [7, 11) is -3.91. The maximum absolute atomic E-state index is 12.6. The fourth-order valence-electron chi connectivity index (χ4n) is 2.25. The van der Waals surface area contributed by atoms with Crippen LogP contribution in [0, 0.1) is 11.3 Å². The van der Waals surface area contributed by atoms with E-state index in [4.69, 9.17) is 5.26 Å². The van der Waals surface area contributed by atoms with Gasteiger partial charge in [0.15, 0.2) is 5.69 Å². The first kappa shape index (κ1) is 18.5. The van der Waals surface area contributed by atoms with Crippen molar-refractivity contribution in [3.05, 3.63) is 72.1 Å². The van der Waals surface area contributed by atoms with Gasteiger partial charge in [0, 0.05) is 11.9 Å². The van der Waals surface area contributed by atoms with E-state index in [2.05, 4.69) is 9.82 Å². The fourth-order valence-corrected chi connectivity index (χ4v) is 3.35. The molecule has 0 bridgehead atoms. The Morgan fingerprint density at radius 2 is 1.78 bits per heavy atom. The van der Waals surface area contributed by atoms with Gasteiger partial charge in [-0.25, -0.2) is 13.1 Å². The molecule has 138 valence electrons. The molecular weight excluding hydrogens is 381 g/mol. The Morgan fingerprint density at radius 3 is 2.37 bits per heavy atom. The zero-order valence-corrected chi connectivity index (χ0v) is 14.3. The van der Waals surface area contributed by atoms with Crippen LogP contribution in [0.25, 0.3) is 5.69 Å². The van der Waals surface area contributed by atoms with Gasteiger partial charge in [-0.05, 0) is 48.5 Å². The molecule has 0 saturated carbocycles. The van der Waals surface area contributed by atoms with Gasteiger partial charge in [0.1, 0.15) is 0 Å². The van der Waals surface area contributed by atoms with Crippen LogP contribution >= 0.6 is 0 Å². The molecule has 10 heteroatoms. The number of hydrogen-bond donors (Lipinski definition) is 1. The summed E-state index contributed by atoms with van der Waals surface area (Å²) < 4.78 is 66.0. The molecule has 6 nitrogen and oxygen atoms in total. The predicted octanol–water partition coefficient (Wildman–Crippen LogP) is 3.56. The highest BCUT2D eigenvalue weighted by molar-refractivity contribution is 7.92. The van der Waals surface area contributed by atoms with Gasteiger partial charge in [-0.15, -0.1) is 0 Å². The van der Waals surface area contributed by atoms with Gasteiger partial charge in [-0.2, -0.15) is 23.5 Å². The fraction of sp³-hybridized carbons (Fsp3) is 0.0588. The van der Waals surface area contributed by atoms with Gasteiger partial charge in [0.25, 0.3) is 10.0 Å². The standard InChI is InChI=1S/C17H11F3N4O2S/c18-17(19,20)16-8-9-24(22-16)14-6-4-13(5-7-14)23-27(25,26)15-3-1-2-12(10-15)11-21/h1-10,23H. The molecule has 0 aliphatic rings. The number of nitrogens with zero attached hydrogens (tertiary/aromatic N) is 3. The first-order valence-corrected chi connectivity index (χ1v) is 8.94. The molecule has 0 saturated heterocycles. The monoisotopic (exact) mass is 392 g/mol. The minimum atomic E-state index is -4.54. The summed E-state index contributed by atoms with van der Waals surface area (Å²) in [6, 6.07) is 13.9. The Hall–Kier alpha value is -3.32. The molecule has 0 fully saturated rings. The molecule has 1 aromatic heterocycles. The SMILES string of the molecule is N#Cc1cccc(S(=O)(=O)Nc2ccc(-n3ccc(C(F)(F)F)n3)cc2)c1. The van der Waals surface area contributed by atoms with Gasteiger partial charge in [-0.3, -0.25) is 4.72 Å². The smallest absolute Gasteiger partial charge is 0.280 e. The molecule has 0 aliphatic heterocycles. The average molecular weight is 392 g/mol. The van der Waals surface area contributed by atoms with Crippen molar-refractivity contribution < 1.29 is 21.6 Å². The first-order valence-electron chi connectivity index (χ1n) is 7.45. The molecule has 27 heavy (non-hydrogen) atoms. The molecular formula is C17H11F3N4O2S. The van der Waals surface area contributed by atoms with Gasteiger partial charge in [0.05, 0.1) is 22.2 Å². The van der Waals surface area contributed by atoms with Crippen LogP contribution in [0.3, 0.4) is 0 Å². The Bertz CT molecular complexity index is 1110. The van der Waals surface area contributed by atoms with Crippen molar-refractivity contribution in [1.82, 2.24) is 9.78 Å². The third-order valence-corrected chi connectivity index (χ3v) is 4.92. The van der Waals surface area contributed by atoms with Gasteiger partial charge in [-0.1, -0.05) is 6.07 Å². The van der Waals surface area contributed by atoms with E-state index in [0.29, 0.717) is 5.69 Å². The van der Waals surface area contributed by atoms with Gasteiger partial charge < -0.3 is 0 Å². The third kappa shape index (κ3) is 4.09. The number of nitrogens with one attached hydrogen (secondary N) is 1. The Morgan fingerprint density at radius 1 is 1.07 bits per heavy atom. The summed E-state index contributed by atoms with van der Waals surface area (Å²) in [4.78, 5) is -0.0764. The van der Waals surface area contributed by atoms with Crippen molar-refractivity contribution in [2.24, 2.45) is 0 Å². The zero-order valence-electron chi connectivity index (χ0n) is 13.5. The molecule has 0 atom stereocenters. The highest BCUT2D eigenvalue weighted by Gasteiger charge is 2.33. The number of hydrogen-bond acceptors (Lipinski definition) is 4. The van der Waals surface area contributed by atoms with Crippen LogP contribution in [-0.2, 0) is 16.2 Å². The molecule has 0 aliphatic carbocycles. The summed E-state index contributed by atoms with van der Waals surface area (Å²) in [5, 5.41) is 12.3. The topological polar surface area (TPSA) is 87.8 Å². The Balaban J connectivity index is 1.81. The van der Waals surface area contributed by atoms with E-state index >= 15 is 0 Å². The van der Waals surface area contributed by atoms with Crippen molar-refractivity contribution >= 4 is 15.7 Å². The molecule has 0 spiro atoms. The lowest BCUT2D eigenvalue weighted by Crippen LogP contribution is -2.13. The van der Waals surface area contributed by atoms with E-state index in [-0.39, 0.29) is 16.1 Å². The summed E-state index contributed by atoms with van der Waals surface area (Å²) in [6.45, 7) is 0. The molecule has 2 aromatic carbocycles.